The van der Waals surface area contributed by atoms with Gasteiger partial charge in [-0.1, -0.05) is 18.2 Å². The Morgan fingerprint density at radius 3 is 2.67 bits per heavy atom. The molecule has 4 nitrogen and oxygen atoms in total. The van der Waals surface area contributed by atoms with Crippen LogP contribution in [0.15, 0.2) is 41.9 Å². The molecule has 0 aliphatic heterocycles. The quantitative estimate of drug-likeness (QED) is 0.786. The smallest absolute Gasteiger partial charge is 0.106 e. The van der Waals surface area contributed by atoms with Gasteiger partial charge in [0.2, 0.25) is 0 Å². The zero-order chi connectivity index (χ0) is 14.7. The first kappa shape index (κ1) is 14.0. The van der Waals surface area contributed by atoms with Crippen LogP contribution >= 0.6 is 11.3 Å². The van der Waals surface area contributed by atoms with Gasteiger partial charge in [0.15, 0.2) is 0 Å². The zero-order valence-corrected chi connectivity index (χ0v) is 13.0. The summed E-state index contributed by atoms with van der Waals surface area (Å²) in [5.74, 6) is 0. The van der Waals surface area contributed by atoms with Crippen molar-refractivity contribution in [3.05, 3.63) is 63.9 Å². The fourth-order valence-corrected chi connectivity index (χ4v) is 2.97. The van der Waals surface area contributed by atoms with Crippen LogP contribution in [0.5, 0.6) is 0 Å². The average Bonchev–Trinajstić information content (AvgIpc) is 3.11. The van der Waals surface area contributed by atoms with Gasteiger partial charge in [-0.15, -0.1) is 11.3 Å². The van der Waals surface area contributed by atoms with Gasteiger partial charge in [0.25, 0.3) is 0 Å². The van der Waals surface area contributed by atoms with Crippen LogP contribution in [0.4, 0.5) is 0 Å². The Morgan fingerprint density at radius 2 is 1.95 bits per heavy atom. The minimum Gasteiger partial charge on any atom is -0.306 e. The predicted molar refractivity (Wildman–Crippen MR) is 85.7 cm³/mol. The maximum absolute atomic E-state index is 4.66. The highest BCUT2D eigenvalue weighted by Crippen LogP contribution is 2.17. The van der Waals surface area contributed by atoms with Gasteiger partial charge in [-0.2, -0.15) is 5.10 Å². The summed E-state index contributed by atoms with van der Waals surface area (Å²) in [7, 11) is 0. The second-order valence-corrected chi connectivity index (χ2v) is 5.91. The van der Waals surface area contributed by atoms with Gasteiger partial charge < -0.3 is 5.32 Å². The first-order valence-electron chi connectivity index (χ1n) is 6.95. The SMILES string of the molecule is Cc1nn(-c2ccccc2)c(C)c1CNCc1nccs1. The number of nitrogens with zero attached hydrogens (tertiary/aromatic N) is 3. The van der Waals surface area contributed by atoms with Crippen molar-refractivity contribution in [3.8, 4) is 5.69 Å². The molecule has 2 aromatic heterocycles. The van der Waals surface area contributed by atoms with E-state index in [4.69, 9.17) is 0 Å². The normalized spacial score (nSPS) is 11.0. The molecule has 3 rings (SSSR count). The molecule has 0 saturated heterocycles. The lowest BCUT2D eigenvalue weighted by atomic mass is 10.2. The van der Waals surface area contributed by atoms with E-state index in [1.54, 1.807) is 11.3 Å². The monoisotopic (exact) mass is 298 g/mol. The molecule has 5 heteroatoms. The van der Waals surface area contributed by atoms with E-state index in [0.29, 0.717) is 0 Å². The molecule has 0 amide bonds. The zero-order valence-electron chi connectivity index (χ0n) is 12.2. The largest absolute Gasteiger partial charge is 0.306 e. The lowest BCUT2D eigenvalue weighted by molar-refractivity contribution is 0.684. The van der Waals surface area contributed by atoms with Crippen molar-refractivity contribution >= 4 is 11.3 Å². The molecular formula is C16H18N4S. The Balaban J connectivity index is 1.75. The molecule has 2 heterocycles. The van der Waals surface area contributed by atoms with Crippen molar-refractivity contribution in [2.75, 3.05) is 0 Å². The molecular weight excluding hydrogens is 280 g/mol. The molecule has 3 aromatic rings. The highest BCUT2D eigenvalue weighted by atomic mass is 32.1. The van der Waals surface area contributed by atoms with Crippen LogP contribution in [-0.2, 0) is 13.1 Å². The van der Waals surface area contributed by atoms with Crippen LogP contribution in [0.1, 0.15) is 22.0 Å². The minimum absolute atomic E-state index is 0.799. The van der Waals surface area contributed by atoms with E-state index in [0.717, 1.165) is 29.5 Å². The Bertz CT molecular complexity index is 701. The lowest BCUT2D eigenvalue weighted by Crippen LogP contribution is -2.13. The topological polar surface area (TPSA) is 42.7 Å². The molecule has 1 N–H and O–H groups in total. The first-order chi connectivity index (χ1) is 10.3. The Labute approximate surface area is 128 Å². The molecule has 21 heavy (non-hydrogen) atoms. The van der Waals surface area contributed by atoms with Crippen molar-refractivity contribution in [1.82, 2.24) is 20.1 Å². The van der Waals surface area contributed by atoms with Crippen LogP contribution in [0.3, 0.4) is 0 Å². The number of rotatable bonds is 5. The molecule has 0 unspecified atom stereocenters. The summed E-state index contributed by atoms with van der Waals surface area (Å²) in [5.41, 5.74) is 4.62. The summed E-state index contributed by atoms with van der Waals surface area (Å²) in [6, 6.07) is 10.2. The Morgan fingerprint density at radius 1 is 1.14 bits per heavy atom. The van der Waals surface area contributed by atoms with E-state index in [1.807, 2.05) is 34.5 Å². The first-order valence-corrected chi connectivity index (χ1v) is 7.83. The van der Waals surface area contributed by atoms with Crippen molar-refractivity contribution < 1.29 is 0 Å². The summed E-state index contributed by atoms with van der Waals surface area (Å²) in [6.07, 6.45) is 1.84. The molecule has 108 valence electrons. The molecule has 0 radical (unpaired) electrons. The summed E-state index contributed by atoms with van der Waals surface area (Å²) in [5, 5.41) is 11.2. The molecule has 0 saturated carbocycles. The number of aromatic nitrogens is 3. The van der Waals surface area contributed by atoms with E-state index < -0.39 is 0 Å². The van der Waals surface area contributed by atoms with Gasteiger partial charge in [-0.05, 0) is 26.0 Å². The van der Waals surface area contributed by atoms with E-state index in [9.17, 15) is 0 Å². The van der Waals surface area contributed by atoms with Crippen LogP contribution in [0.25, 0.3) is 5.69 Å². The third-order valence-electron chi connectivity index (χ3n) is 3.50. The van der Waals surface area contributed by atoms with E-state index in [1.165, 1.54) is 11.3 Å². The molecule has 0 spiro atoms. The van der Waals surface area contributed by atoms with Crippen molar-refractivity contribution in [2.45, 2.75) is 26.9 Å². The number of thiazole rings is 1. The number of para-hydroxylation sites is 1. The highest BCUT2D eigenvalue weighted by molar-refractivity contribution is 7.09. The average molecular weight is 298 g/mol. The standard InChI is InChI=1S/C16H18N4S/c1-12-15(10-17-11-16-18-8-9-21-16)13(2)20(19-12)14-6-4-3-5-7-14/h3-9,17H,10-11H2,1-2H3. The second-order valence-electron chi connectivity index (χ2n) is 4.93. The van der Waals surface area contributed by atoms with Gasteiger partial charge in [0.1, 0.15) is 5.01 Å². The molecule has 1 aromatic carbocycles. The van der Waals surface area contributed by atoms with Gasteiger partial charge in [0, 0.05) is 35.9 Å². The molecule has 0 atom stereocenters. The number of aryl methyl sites for hydroxylation is 1. The number of hydrogen-bond acceptors (Lipinski definition) is 4. The fourth-order valence-electron chi connectivity index (χ4n) is 2.39. The van der Waals surface area contributed by atoms with Crippen LogP contribution in [-0.4, -0.2) is 14.8 Å². The van der Waals surface area contributed by atoms with E-state index in [-0.39, 0.29) is 0 Å². The summed E-state index contributed by atoms with van der Waals surface area (Å²) in [6.45, 7) is 5.79. The van der Waals surface area contributed by atoms with Crippen molar-refractivity contribution in [2.24, 2.45) is 0 Å². The van der Waals surface area contributed by atoms with Crippen molar-refractivity contribution in [1.29, 1.82) is 0 Å². The maximum atomic E-state index is 4.66. The summed E-state index contributed by atoms with van der Waals surface area (Å²) >= 11 is 1.67. The van der Waals surface area contributed by atoms with E-state index >= 15 is 0 Å². The van der Waals surface area contributed by atoms with Crippen LogP contribution in [0.2, 0.25) is 0 Å². The summed E-state index contributed by atoms with van der Waals surface area (Å²) < 4.78 is 2.01. The number of nitrogens with one attached hydrogen (secondary N) is 1. The van der Waals surface area contributed by atoms with Crippen molar-refractivity contribution in [3.63, 3.8) is 0 Å². The predicted octanol–water partition coefficient (Wildman–Crippen LogP) is 3.24. The Hall–Kier alpha value is -1.98. The molecule has 0 aliphatic rings. The molecule has 0 aliphatic carbocycles. The highest BCUT2D eigenvalue weighted by Gasteiger charge is 2.12. The third kappa shape index (κ3) is 3.04. The Kier molecular flexibility index (Phi) is 4.13. The molecule has 0 fully saturated rings. The van der Waals surface area contributed by atoms with Gasteiger partial charge in [-0.25, -0.2) is 9.67 Å². The van der Waals surface area contributed by atoms with Gasteiger partial charge in [0.05, 0.1) is 11.4 Å². The minimum atomic E-state index is 0.799. The van der Waals surface area contributed by atoms with Gasteiger partial charge in [-0.3, -0.25) is 0 Å². The number of hydrogen-bond donors (Lipinski definition) is 1. The second kappa shape index (κ2) is 6.20. The lowest BCUT2D eigenvalue weighted by Gasteiger charge is -2.06. The maximum Gasteiger partial charge on any atom is 0.106 e. The van der Waals surface area contributed by atoms with E-state index in [2.05, 4.69) is 41.4 Å². The van der Waals surface area contributed by atoms with Gasteiger partial charge >= 0.3 is 0 Å². The summed E-state index contributed by atoms with van der Waals surface area (Å²) in [4.78, 5) is 4.28. The number of benzene rings is 1. The van der Waals surface area contributed by atoms with Crippen LogP contribution < -0.4 is 5.32 Å². The fraction of sp³-hybridized carbons (Fsp3) is 0.250. The third-order valence-corrected chi connectivity index (χ3v) is 4.28. The van der Waals surface area contributed by atoms with Crippen LogP contribution in [0, 0.1) is 13.8 Å². The molecule has 0 bridgehead atoms.